The average molecular weight is 264 g/mol. The molecule has 0 aromatic heterocycles. The molecule has 1 aromatic carbocycles. The Morgan fingerprint density at radius 2 is 1.89 bits per heavy atom. The lowest BCUT2D eigenvalue weighted by atomic mass is 9.89. The minimum absolute atomic E-state index is 0.216. The topological polar surface area (TPSA) is 12.0 Å². The average Bonchev–Trinajstić information content (AvgIpc) is 3.19. The first-order valence-corrected chi connectivity index (χ1v) is 7.34. The Hall–Kier alpha value is -0.530. The number of hydrogen-bond acceptors (Lipinski definition) is 1. The summed E-state index contributed by atoms with van der Waals surface area (Å²) in [5.41, 5.74) is 1.87. The predicted octanol–water partition coefficient (Wildman–Crippen LogP) is 4.01. The molecule has 98 valence electrons. The summed E-state index contributed by atoms with van der Waals surface area (Å²) in [6.45, 7) is 8.23. The van der Waals surface area contributed by atoms with Gasteiger partial charge in [0.15, 0.2) is 0 Å². The molecule has 18 heavy (non-hydrogen) atoms. The second-order valence-electron chi connectivity index (χ2n) is 6.64. The van der Waals surface area contributed by atoms with Gasteiger partial charge in [-0.1, -0.05) is 50.6 Å². The van der Waals surface area contributed by atoms with Crippen LogP contribution in [0.3, 0.4) is 0 Å². The summed E-state index contributed by atoms with van der Waals surface area (Å²) in [7, 11) is 0. The first kappa shape index (κ1) is 12.5. The molecule has 2 fully saturated rings. The van der Waals surface area contributed by atoms with Crippen LogP contribution in [0, 0.1) is 11.3 Å². The molecule has 0 radical (unpaired) electrons. The van der Waals surface area contributed by atoms with Crippen LogP contribution in [-0.4, -0.2) is 12.6 Å². The van der Waals surface area contributed by atoms with Crippen molar-refractivity contribution in [3.8, 4) is 0 Å². The van der Waals surface area contributed by atoms with E-state index in [1.54, 1.807) is 0 Å². The number of rotatable bonds is 4. The van der Waals surface area contributed by atoms with Crippen LogP contribution in [0.1, 0.15) is 39.2 Å². The molecule has 2 heteroatoms. The molecule has 0 saturated heterocycles. The highest BCUT2D eigenvalue weighted by Gasteiger charge is 2.68. The van der Waals surface area contributed by atoms with Crippen LogP contribution in [0.4, 0.5) is 0 Å². The molecule has 2 aliphatic rings. The van der Waals surface area contributed by atoms with E-state index < -0.39 is 0 Å². The van der Waals surface area contributed by atoms with Gasteiger partial charge in [-0.2, -0.15) is 0 Å². The van der Waals surface area contributed by atoms with Gasteiger partial charge in [-0.15, -0.1) is 0 Å². The highest BCUT2D eigenvalue weighted by atomic mass is 35.5. The van der Waals surface area contributed by atoms with Crippen molar-refractivity contribution in [3.05, 3.63) is 34.9 Å². The molecule has 2 aliphatic carbocycles. The summed E-state index contributed by atoms with van der Waals surface area (Å²) < 4.78 is 0. The van der Waals surface area contributed by atoms with Crippen molar-refractivity contribution in [1.29, 1.82) is 0 Å². The van der Waals surface area contributed by atoms with Crippen LogP contribution in [0.2, 0.25) is 5.02 Å². The lowest BCUT2D eigenvalue weighted by Crippen LogP contribution is -2.22. The van der Waals surface area contributed by atoms with Crippen molar-refractivity contribution in [2.45, 2.75) is 45.1 Å². The highest BCUT2D eigenvalue weighted by molar-refractivity contribution is 6.31. The van der Waals surface area contributed by atoms with Gasteiger partial charge < -0.3 is 5.32 Å². The van der Waals surface area contributed by atoms with Crippen molar-refractivity contribution in [1.82, 2.24) is 5.32 Å². The molecule has 1 N–H and O–H groups in total. The SMILES string of the molecule is CC1(C)C(CNC2CC2)C1(C)c1ccccc1Cl. The Bertz CT molecular complexity index is 464. The first-order chi connectivity index (χ1) is 8.48. The van der Waals surface area contributed by atoms with Gasteiger partial charge in [0.2, 0.25) is 0 Å². The van der Waals surface area contributed by atoms with E-state index in [9.17, 15) is 0 Å². The molecule has 0 spiro atoms. The normalized spacial score (nSPS) is 33.4. The van der Waals surface area contributed by atoms with Gasteiger partial charge >= 0.3 is 0 Å². The lowest BCUT2D eigenvalue weighted by molar-refractivity contribution is 0.506. The van der Waals surface area contributed by atoms with Gasteiger partial charge in [0, 0.05) is 16.5 Å². The Kier molecular flexibility index (Phi) is 2.76. The number of nitrogens with one attached hydrogen (secondary N) is 1. The molecule has 2 unspecified atom stereocenters. The maximum atomic E-state index is 6.40. The van der Waals surface area contributed by atoms with Crippen LogP contribution in [0.15, 0.2) is 24.3 Å². The highest BCUT2D eigenvalue weighted by Crippen LogP contribution is 2.69. The summed E-state index contributed by atoms with van der Waals surface area (Å²) in [4.78, 5) is 0. The molecule has 2 atom stereocenters. The van der Waals surface area contributed by atoms with E-state index in [-0.39, 0.29) is 5.41 Å². The fourth-order valence-corrected chi connectivity index (χ4v) is 3.88. The van der Waals surface area contributed by atoms with E-state index in [1.807, 2.05) is 12.1 Å². The van der Waals surface area contributed by atoms with Gasteiger partial charge in [-0.05, 0) is 42.3 Å². The van der Waals surface area contributed by atoms with E-state index in [0.717, 1.165) is 17.6 Å². The number of hydrogen-bond donors (Lipinski definition) is 1. The summed E-state index contributed by atoms with van der Waals surface area (Å²) >= 11 is 6.40. The molecule has 0 aliphatic heterocycles. The Labute approximate surface area is 115 Å². The quantitative estimate of drug-likeness (QED) is 0.866. The summed E-state index contributed by atoms with van der Waals surface area (Å²) in [6.07, 6.45) is 2.71. The second-order valence-corrected chi connectivity index (χ2v) is 7.05. The van der Waals surface area contributed by atoms with Gasteiger partial charge in [0.1, 0.15) is 0 Å². The van der Waals surface area contributed by atoms with Gasteiger partial charge in [0.05, 0.1) is 0 Å². The molecule has 3 rings (SSSR count). The summed E-state index contributed by atoms with van der Waals surface area (Å²) in [5, 5.41) is 4.59. The zero-order valence-electron chi connectivity index (χ0n) is 11.5. The first-order valence-electron chi connectivity index (χ1n) is 6.96. The molecule has 2 saturated carbocycles. The lowest BCUT2D eigenvalue weighted by Gasteiger charge is -2.17. The maximum absolute atomic E-state index is 6.40. The Morgan fingerprint density at radius 3 is 2.50 bits per heavy atom. The van der Waals surface area contributed by atoms with Gasteiger partial charge in [-0.25, -0.2) is 0 Å². The fraction of sp³-hybridized carbons (Fsp3) is 0.625. The van der Waals surface area contributed by atoms with Crippen LogP contribution < -0.4 is 5.32 Å². The zero-order chi connectivity index (χ0) is 13.0. The van der Waals surface area contributed by atoms with Crippen LogP contribution >= 0.6 is 11.6 Å². The summed E-state index contributed by atoms with van der Waals surface area (Å²) in [6, 6.07) is 9.12. The second kappa shape index (κ2) is 3.98. The van der Waals surface area contributed by atoms with E-state index in [4.69, 9.17) is 11.6 Å². The third-order valence-electron chi connectivity index (χ3n) is 5.44. The standard InChI is InChI=1S/C16H22ClN/c1-15(2)14(10-18-11-8-9-11)16(15,3)12-6-4-5-7-13(12)17/h4-7,11,14,18H,8-10H2,1-3H3. The van der Waals surface area contributed by atoms with Gasteiger partial charge in [-0.3, -0.25) is 0 Å². The smallest absolute Gasteiger partial charge is 0.0443 e. The van der Waals surface area contributed by atoms with Crippen molar-refractivity contribution in [3.63, 3.8) is 0 Å². The minimum atomic E-state index is 0.216. The largest absolute Gasteiger partial charge is 0.314 e. The molecule has 0 amide bonds. The van der Waals surface area contributed by atoms with Crippen molar-refractivity contribution < 1.29 is 0 Å². The van der Waals surface area contributed by atoms with Crippen LogP contribution in [0.25, 0.3) is 0 Å². The third kappa shape index (κ3) is 1.71. The molecular weight excluding hydrogens is 242 g/mol. The number of halogens is 1. The predicted molar refractivity (Wildman–Crippen MR) is 77.1 cm³/mol. The molecule has 1 aromatic rings. The number of benzene rings is 1. The molecule has 0 heterocycles. The van der Waals surface area contributed by atoms with E-state index in [1.165, 1.54) is 18.4 Å². The maximum Gasteiger partial charge on any atom is 0.0443 e. The van der Waals surface area contributed by atoms with E-state index in [0.29, 0.717) is 11.3 Å². The molecule has 0 bridgehead atoms. The van der Waals surface area contributed by atoms with Crippen LogP contribution in [0.5, 0.6) is 0 Å². The Morgan fingerprint density at radius 1 is 1.22 bits per heavy atom. The van der Waals surface area contributed by atoms with E-state index in [2.05, 4.69) is 38.2 Å². The van der Waals surface area contributed by atoms with E-state index >= 15 is 0 Å². The Balaban J connectivity index is 1.83. The van der Waals surface area contributed by atoms with Crippen molar-refractivity contribution >= 4 is 11.6 Å². The molecule has 1 nitrogen and oxygen atoms in total. The molecular formula is C16H22ClN. The minimum Gasteiger partial charge on any atom is -0.314 e. The summed E-state index contributed by atoms with van der Waals surface area (Å²) in [5.74, 6) is 0.686. The zero-order valence-corrected chi connectivity index (χ0v) is 12.2. The monoisotopic (exact) mass is 263 g/mol. The van der Waals surface area contributed by atoms with Crippen LogP contribution in [-0.2, 0) is 5.41 Å². The fourth-order valence-electron chi connectivity index (χ4n) is 3.55. The third-order valence-corrected chi connectivity index (χ3v) is 5.77. The van der Waals surface area contributed by atoms with Crippen molar-refractivity contribution in [2.75, 3.05) is 6.54 Å². The van der Waals surface area contributed by atoms with Crippen molar-refractivity contribution in [2.24, 2.45) is 11.3 Å². The van der Waals surface area contributed by atoms with Gasteiger partial charge in [0.25, 0.3) is 0 Å².